The van der Waals surface area contributed by atoms with Crippen LogP contribution in [0, 0.1) is 0 Å². The van der Waals surface area contributed by atoms with Gasteiger partial charge in [-0.25, -0.2) is 0 Å². The predicted octanol–water partition coefficient (Wildman–Crippen LogP) is 3.51. The fraction of sp³-hybridized carbons (Fsp3) is 0.441. The zero-order valence-corrected chi connectivity index (χ0v) is 24.7. The van der Waals surface area contributed by atoms with E-state index in [-0.39, 0.29) is 11.9 Å². The normalized spacial score (nSPS) is 19.7. The quantitative estimate of drug-likeness (QED) is 0.396. The van der Waals surface area contributed by atoms with Gasteiger partial charge in [-0.3, -0.25) is 9.69 Å². The zero-order chi connectivity index (χ0) is 28.7. The maximum atomic E-state index is 13.2. The highest BCUT2D eigenvalue weighted by Gasteiger charge is 2.27. The molecule has 42 heavy (non-hydrogen) atoms. The van der Waals surface area contributed by atoms with E-state index in [4.69, 9.17) is 9.47 Å². The van der Waals surface area contributed by atoms with Crippen molar-refractivity contribution in [1.82, 2.24) is 15.1 Å². The lowest BCUT2D eigenvalue weighted by Crippen LogP contribution is -2.47. The van der Waals surface area contributed by atoms with Crippen molar-refractivity contribution in [1.29, 1.82) is 0 Å². The first-order valence-corrected chi connectivity index (χ1v) is 15.3. The van der Waals surface area contributed by atoms with E-state index in [9.17, 15) is 4.79 Å². The van der Waals surface area contributed by atoms with Crippen LogP contribution in [-0.2, 0) is 17.8 Å². The molecule has 0 aromatic heterocycles. The van der Waals surface area contributed by atoms with Gasteiger partial charge in [-0.2, -0.15) is 0 Å². The van der Waals surface area contributed by atoms with Gasteiger partial charge in [0, 0.05) is 87.8 Å². The highest BCUT2D eigenvalue weighted by atomic mass is 16.5. The van der Waals surface area contributed by atoms with Gasteiger partial charge in [0.2, 0.25) is 0 Å². The smallest absolute Gasteiger partial charge is 0.251 e. The maximum absolute atomic E-state index is 13.2. The minimum Gasteiger partial charge on any atom is -0.491 e. The highest BCUT2D eigenvalue weighted by Crippen LogP contribution is 2.34. The Bertz CT molecular complexity index is 1300. The molecule has 0 saturated carbocycles. The van der Waals surface area contributed by atoms with Crippen molar-refractivity contribution in [3.63, 3.8) is 0 Å². The molecule has 0 spiro atoms. The van der Waals surface area contributed by atoms with E-state index < -0.39 is 0 Å². The van der Waals surface area contributed by atoms with E-state index in [2.05, 4.69) is 68.4 Å². The van der Waals surface area contributed by atoms with E-state index in [1.807, 2.05) is 36.4 Å². The highest BCUT2D eigenvalue weighted by molar-refractivity contribution is 5.94. The van der Waals surface area contributed by atoms with Gasteiger partial charge in [0.25, 0.3) is 5.91 Å². The third-order valence-corrected chi connectivity index (χ3v) is 8.71. The summed E-state index contributed by atoms with van der Waals surface area (Å²) in [5, 5.41) is 3.23. The fourth-order valence-corrected chi connectivity index (χ4v) is 6.11. The average molecular weight is 570 g/mol. The molecular formula is C34H43N5O3. The molecule has 8 heteroatoms. The Morgan fingerprint density at radius 1 is 0.857 bits per heavy atom. The van der Waals surface area contributed by atoms with Gasteiger partial charge >= 0.3 is 0 Å². The molecule has 8 nitrogen and oxygen atoms in total. The molecule has 0 aliphatic carbocycles. The molecule has 6 rings (SSSR count). The molecule has 0 radical (unpaired) electrons. The number of hydrogen-bond donors (Lipinski definition) is 1. The average Bonchev–Trinajstić information content (AvgIpc) is 3.04. The summed E-state index contributed by atoms with van der Waals surface area (Å²) in [6.45, 7) is 10.9. The van der Waals surface area contributed by atoms with Crippen molar-refractivity contribution >= 4 is 17.3 Å². The molecule has 222 valence electrons. The molecular weight excluding hydrogens is 526 g/mol. The Balaban J connectivity index is 0.965. The number of nitrogens with zero attached hydrogens (tertiary/aromatic N) is 4. The molecule has 3 aliphatic rings. The largest absolute Gasteiger partial charge is 0.491 e. The molecule has 3 aromatic carbocycles. The van der Waals surface area contributed by atoms with Crippen molar-refractivity contribution in [3.8, 4) is 5.75 Å². The van der Waals surface area contributed by atoms with Crippen LogP contribution >= 0.6 is 0 Å². The number of hydrogen-bond acceptors (Lipinski definition) is 7. The van der Waals surface area contributed by atoms with Crippen LogP contribution in [0.5, 0.6) is 5.75 Å². The Kier molecular flexibility index (Phi) is 9.23. The van der Waals surface area contributed by atoms with Crippen molar-refractivity contribution in [2.45, 2.75) is 19.1 Å². The standard InChI is InChI=1S/C34H43N5O3/c1-36-14-18-39(19-15-36)32-8-5-9-33-31(32)24-29(26-42-33)35-34(40)28-10-12-30(13-11-28)38-20-16-37(17-21-38)22-23-41-25-27-6-3-2-4-7-27/h2-13,29H,14-26H2,1H3,(H,35,40). The molecule has 1 atom stereocenters. The second kappa shape index (κ2) is 13.6. The van der Waals surface area contributed by atoms with Gasteiger partial charge in [-0.05, 0) is 49.0 Å². The van der Waals surface area contributed by atoms with E-state index in [1.54, 1.807) is 0 Å². The van der Waals surface area contributed by atoms with Crippen LogP contribution in [0.2, 0.25) is 0 Å². The monoisotopic (exact) mass is 569 g/mol. The SMILES string of the molecule is CN1CCN(c2cccc3c2CC(NC(=O)c2ccc(N4CCN(CCOCc5ccccc5)CC4)cc2)CO3)CC1. The minimum absolute atomic E-state index is 0.0454. The molecule has 1 N–H and O–H groups in total. The molecule has 2 fully saturated rings. The van der Waals surface area contributed by atoms with Gasteiger partial charge in [0.15, 0.2) is 0 Å². The van der Waals surface area contributed by atoms with Crippen molar-refractivity contribution in [2.24, 2.45) is 0 Å². The van der Waals surface area contributed by atoms with Crippen molar-refractivity contribution < 1.29 is 14.3 Å². The third kappa shape index (κ3) is 7.06. The van der Waals surface area contributed by atoms with E-state index in [0.717, 1.165) is 77.7 Å². The number of ether oxygens (including phenoxy) is 2. The van der Waals surface area contributed by atoms with Crippen LogP contribution in [-0.4, -0.2) is 101 Å². The fourth-order valence-electron chi connectivity index (χ4n) is 6.11. The van der Waals surface area contributed by atoms with E-state index in [1.165, 1.54) is 22.5 Å². The van der Waals surface area contributed by atoms with Gasteiger partial charge in [-0.15, -0.1) is 0 Å². The van der Waals surface area contributed by atoms with Crippen LogP contribution in [0.25, 0.3) is 0 Å². The van der Waals surface area contributed by atoms with Crippen LogP contribution in [0.15, 0.2) is 72.8 Å². The lowest BCUT2D eigenvalue weighted by Gasteiger charge is -2.37. The van der Waals surface area contributed by atoms with Gasteiger partial charge in [0.1, 0.15) is 12.4 Å². The van der Waals surface area contributed by atoms with Gasteiger partial charge in [-0.1, -0.05) is 36.4 Å². The van der Waals surface area contributed by atoms with Gasteiger partial charge < -0.3 is 29.5 Å². The number of amides is 1. The molecule has 1 amide bonds. The Morgan fingerprint density at radius 2 is 1.60 bits per heavy atom. The third-order valence-electron chi connectivity index (χ3n) is 8.71. The molecule has 1 unspecified atom stereocenters. The maximum Gasteiger partial charge on any atom is 0.251 e. The van der Waals surface area contributed by atoms with E-state index >= 15 is 0 Å². The predicted molar refractivity (Wildman–Crippen MR) is 168 cm³/mol. The summed E-state index contributed by atoms with van der Waals surface area (Å²) in [6.07, 6.45) is 0.781. The summed E-state index contributed by atoms with van der Waals surface area (Å²) < 4.78 is 12.0. The molecule has 2 saturated heterocycles. The number of fused-ring (bicyclic) bond motifs is 1. The van der Waals surface area contributed by atoms with Crippen molar-refractivity contribution in [2.75, 3.05) is 89.0 Å². The minimum atomic E-state index is -0.0527. The zero-order valence-electron chi connectivity index (χ0n) is 24.7. The number of piperazine rings is 2. The second-order valence-electron chi connectivity index (χ2n) is 11.6. The lowest BCUT2D eigenvalue weighted by atomic mass is 9.99. The second-order valence-corrected chi connectivity index (χ2v) is 11.6. The molecule has 3 aliphatic heterocycles. The number of carbonyl (C=O) groups is 1. The van der Waals surface area contributed by atoms with Crippen LogP contribution < -0.4 is 19.9 Å². The summed E-state index contributed by atoms with van der Waals surface area (Å²) in [5.41, 5.74) is 5.51. The summed E-state index contributed by atoms with van der Waals surface area (Å²) in [6, 6.07) is 24.6. The Labute approximate surface area is 249 Å². The van der Waals surface area contributed by atoms with Crippen molar-refractivity contribution in [3.05, 3.63) is 89.5 Å². The Hall–Kier alpha value is -3.59. The lowest BCUT2D eigenvalue weighted by molar-refractivity contribution is 0.0907. The number of anilines is 2. The van der Waals surface area contributed by atoms with Crippen LogP contribution in [0.4, 0.5) is 11.4 Å². The number of likely N-dealkylation sites (N-methyl/N-ethyl adjacent to an activating group) is 1. The number of rotatable bonds is 9. The van der Waals surface area contributed by atoms with E-state index in [0.29, 0.717) is 18.8 Å². The summed E-state index contributed by atoms with van der Waals surface area (Å²) in [4.78, 5) is 22.8. The van der Waals surface area contributed by atoms with Gasteiger partial charge in [0.05, 0.1) is 19.3 Å². The number of benzene rings is 3. The number of nitrogens with one attached hydrogen (secondary N) is 1. The molecule has 0 bridgehead atoms. The first-order chi connectivity index (χ1) is 20.6. The first-order valence-electron chi connectivity index (χ1n) is 15.3. The first kappa shape index (κ1) is 28.5. The summed E-state index contributed by atoms with van der Waals surface area (Å²) in [7, 11) is 2.17. The number of carbonyl (C=O) groups excluding carboxylic acids is 1. The molecule has 3 aromatic rings. The Morgan fingerprint density at radius 3 is 2.36 bits per heavy atom. The summed E-state index contributed by atoms with van der Waals surface area (Å²) >= 11 is 0. The van der Waals surface area contributed by atoms with Crippen LogP contribution in [0.1, 0.15) is 21.5 Å². The summed E-state index contributed by atoms with van der Waals surface area (Å²) in [5.74, 6) is 0.900. The van der Waals surface area contributed by atoms with Crippen LogP contribution in [0.3, 0.4) is 0 Å². The molecule has 3 heterocycles. The topological polar surface area (TPSA) is 60.5 Å².